The first kappa shape index (κ1) is 17.3. The molecule has 2 amide bonds. The molecule has 0 radical (unpaired) electrons. The van der Waals surface area contributed by atoms with Crippen LogP contribution in [-0.2, 0) is 4.79 Å². The van der Waals surface area contributed by atoms with E-state index in [1.165, 1.54) is 6.92 Å². The molecule has 1 aromatic carbocycles. The highest BCUT2D eigenvalue weighted by atomic mass is 16.6. The molecule has 27 heavy (non-hydrogen) atoms. The van der Waals surface area contributed by atoms with Crippen LogP contribution in [0.1, 0.15) is 41.9 Å². The van der Waals surface area contributed by atoms with Gasteiger partial charge < -0.3 is 19.7 Å². The van der Waals surface area contributed by atoms with Gasteiger partial charge in [-0.25, -0.2) is 4.98 Å². The number of aromatic nitrogens is 1. The number of rotatable bonds is 3. The van der Waals surface area contributed by atoms with Gasteiger partial charge in [0.25, 0.3) is 5.91 Å². The molecule has 0 bridgehead atoms. The van der Waals surface area contributed by atoms with Crippen molar-refractivity contribution in [2.45, 2.75) is 25.8 Å². The first-order valence-corrected chi connectivity index (χ1v) is 9.07. The van der Waals surface area contributed by atoms with Crippen LogP contribution in [0.3, 0.4) is 0 Å². The number of nitrogens with zero attached hydrogens (tertiary/aromatic N) is 2. The van der Waals surface area contributed by atoms with E-state index in [0.29, 0.717) is 31.3 Å². The molecule has 0 saturated carbocycles. The Morgan fingerprint density at radius 1 is 1.15 bits per heavy atom. The summed E-state index contributed by atoms with van der Waals surface area (Å²) >= 11 is 0. The molecule has 0 aliphatic carbocycles. The van der Waals surface area contributed by atoms with Crippen molar-refractivity contribution in [3.63, 3.8) is 0 Å². The van der Waals surface area contributed by atoms with Gasteiger partial charge in [0, 0.05) is 13.5 Å². The van der Waals surface area contributed by atoms with Gasteiger partial charge in [0.15, 0.2) is 11.5 Å². The molecule has 1 atom stereocenters. The molecule has 1 fully saturated rings. The van der Waals surface area contributed by atoms with Gasteiger partial charge in [-0.1, -0.05) is 12.1 Å². The number of carbonyl (C=O) groups excluding carboxylic acids is 2. The van der Waals surface area contributed by atoms with Gasteiger partial charge in [-0.05, 0) is 42.7 Å². The predicted octanol–water partition coefficient (Wildman–Crippen LogP) is 2.79. The summed E-state index contributed by atoms with van der Waals surface area (Å²) in [4.78, 5) is 30.4. The molecule has 1 unspecified atom stereocenters. The zero-order chi connectivity index (χ0) is 18.8. The third kappa shape index (κ3) is 3.58. The van der Waals surface area contributed by atoms with E-state index in [9.17, 15) is 9.59 Å². The van der Waals surface area contributed by atoms with Gasteiger partial charge >= 0.3 is 0 Å². The number of ether oxygens (including phenoxy) is 2. The molecule has 4 rings (SSSR count). The maximum atomic E-state index is 13.1. The number of benzene rings is 1. The van der Waals surface area contributed by atoms with E-state index < -0.39 is 0 Å². The molecule has 2 aliphatic heterocycles. The van der Waals surface area contributed by atoms with Crippen molar-refractivity contribution in [2.75, 3.05) is 25.1 Å². The lowest BCUT2D eigenvalue weighted by molar-refractivity contribution is -0.114. The molecule has 0 spiro atoms. The molecule has 7 nitrogen and oxygen atoms in total. The van der Waals surface area contributed by atoms with Crippen molar-refractivity contribution in [1.29, 1.82) is 0 Å². The fraction of sp³-hybridized carbons (Fsp3) is 0.350. The molecular formula is C20H21N3O4. The second-order valence-electron chi connectivity index (χ2n) is 6.65. The maximum Gasteiger partial charge on any atom is 0.273 e. The summed E-state index contributed by atoms with van der Waals surface area (Å²) in [6.45, 7) is 3.17. The highest BCUT2D eigenvalue weighted by molar-refractivity contribution is 5.94. The monoisotopic (exact) mass is 367 g/mol. The molecule has 2 aliphatic rings. The third-order valence-electron chi connectivity index (χ3n) is 4.74. The second kappa shape index (κ2) is 7.26. The standard InChI is InChI=1S/C20H21N3O4/c1-13(24)21-19-6-2-4-15(22-19)20(25)23-9-3-5-16(23)14-7-8-17-18(12-14)27-11-10-26-17/h2,4,6-8,12,16H,3,5,9-11H2,1H3,(H,21,22,24). The minimum Gasteiger partial charge on any atom is -0.486 e. The Labute approximate surface area is 157 Å². The molecule has 1 N–H and O–H groups in total. The largest absolute Gasteiger partial charge is 0.486 e. The smallest absolute Gasteiger partial charge is 0.273 e. The predicted molar refractivity (Wildman–Crippen MR) is 99.0 cm³/mol. The average Bonchev–Trinajstić information content (AvgIpc) is 3.16. The Kier molecular flexibility index (Phi) is 4.66. The first-order valence-electron chi connectivity index (χ1n) is 9.07. The van der Waals surface area contributed by atoms with E-state index in [2.05, 4.69) is 10.3 Å². The van der Waals surface area contributed by atoms with Gasteiger partial charge in [-0.2, -0.15) is 0 Å². The maximum absolute atomic E-state index is 13.1. The molecule has 3 heterocycles. The number of carbonyl (C=O) groups is 2. The molecule has 1 saturated heterocycles. The quantitative estimate of drug-likeness (QED) is 0.902. The van der Waals surface area contributed by atoms with Gasteiger partial charge in [0.05, 0.1) is 6.04 Å². The summed E-state index contributed by atoms with van der Waals surface area (Å²) < 4.78 is 11.3. The van der Waals surface area contributed by atoms with Crippen molar-refractivity contribution in [2.24, 2.45) is 0 Å². The van der Waals surface area contributed by atoms with Gasteiger partial charge in [0.1, 0.15) is 24.7 Å². The zero-order valence-corrected chi connectivity index (χ0v) is 15.1. The van der Waals surface area contributed by atoms with Crippen LogP contribution >= 0.6 is 0 Å². The normalized spacial score (nSPS) is 18.3. The number of hydrogen-bond donors (Lipinski definition) is 1. The molecule has 7 heteroatoms. The summed E-state index contributed by atoms with van der Waals surface area (Å²) in [6, 6.07) is 10.9. The van der Waals surface area contributed by atoms with E-state index in [0.717, 1.165) is 29.9 Å². The van der Waals surface area contributed by atoms with Crippen molar-refractivity contribution in [3.8, 4) is 11.5 Å². The Morgan fingerprint density at radius 2 is 1.96 bits per heavy atom. The van der Waals surface area contributed by atoms with E-state index in [1.54, 1.807) is 18.2 Å². The summed E-state index contributed by atoms with van der Waals surface area (Å²) in [5.74, 6) is 1.49. The lowest BCUT2D eigenvalue weighted by Gasteiger charge is -2.26. The Hall–Kier alpha value is -3.09. The highest BCUT2D eigenvalue weighted by Gasteiger charge is 2.32. The lowest BCUT2D eigenvalue weighted by atomic mass is 10.0. The van der Waals surface area contributed by atoms with Crippen molar-refractivity contribution in [3.05, 3.63) is 47.7 Å². The van der Waals surface area contributed by atoms with Crippen LogP contribution in [0.2, 0.25) is 0 Å². The van der Waals surface area contributed by atoms with Gasteiger partial charge in [-0.15, -0.1) is 0 Å². The Morgan fingerprint density at radius 3 is 2.78 bits per heavy atom. The number of nitrogens with one attached hydrogen (secondary N) is 1. The topological polar surface area (TPSA) is 80.8 Å². The summed E-state index contributed by atoms with van der Waals surface area (Å²) in [6.07, 6.45) is 1.81. The van der Waals surface area contributed by atoms with E-state index >= 15 is 0 Å². The van der Waals surface area contributed by atoms with Crippen molar-refractivity contribution < 1.29 is 19.1 Å². The minimum atomic E-state index is -0.220. The van der Waals surface area contributed by atoms with Crippen LogP contribution in [0.15, 0.2) is 36.4 Å². The lowest BCUT2D eigenvalue weighted by Crippen LogP contribution is -2.31. The summed E-state index contributed by atoms with van der Waals surface area (Å²) in [5.41, 5.74) is 1.36. The SMILES string of the molecule is CC(=O)Nc1cccc(C(=O)N2CCCC2c2ccc3c(c2)OCCO3)n1. The fourth-order valence-electron chi connectivity index (χ4n) is 3.57. The van der Waals surface area contributed by atoms with Crippen LogP contribution < -0.4 is 14.8 Å². The van der Waals surface area contributed by atoms with Gasteiger partial charge in [-0.3, -0.25) is 9.59 Å². The minimum absolute atomic E-state index is 0.0282. The highest BCUT2D eigenvalue weighted by Crippen LogP contribution is 2.38. The Balaban J connectivity index is 1.58. The first-order chi connectivity index (χ1) is 13.1. The molecule has 2 aromatic rings. The van der Waals surface area contributed by atoms with E-state index in [4.69, 9.17) is 9.47 Å². The molecule has 1 aromatic heterocycles. The van der Waals surface area contributed by atoms with Crippen LogP contribution in [0, 0.1) is 0 Å². The average molecular weight is 367 g/mol. The van der Waals surface area contributed by atoms with Crippen LogP contribution in [-0.4, -0.2) is 41.5 Å². The van der Waals surface area contributed by atoms with Crippen LogP contribution in [0.25, 0.3) is 0 Å². The molecule has 140 valence electrons. The van der Waals surface area contributed by atoms with E-state index in [1.807, 2.05) is 23.1 Å². The number of pyridine rings is 1. The number of hydrogen-bond acceptors (Lipinski definition) is 5. The second-order valence-corrected chi connectivity index (χ2v) is 6.65. The van der Waals surface area contributed by atoms with E-state index in [-0.39, 0.29) is 17.9 Å². The fourth-order valence-corrected chi connectivity index (χ4v) is 3.57. The van der Waals surface area contributed by atoms with Gasteiger partial charge in [0.2, 0.25) is 5.91 Å². The van der Waals surface area contributed by atoms with Crippen LogP contribution in [0.5, 0.6) is 11.5 Å². The third-order valence-corrected chi connectivity index (χ3v) is 4.74. The Bertz CT molecular complexity index is 883. The molecular weight excluding hydrogens is 346 g/mol. The van der Waals surface area contributed by atoms with Crippen molar-refractivity contribution >= 4 is 17.6 Å². The van der Waals surface area contributed by atoms with Crippen molar-refractivity contribution in [1.82, 2.24) is 9.88 Å². The number of amides is 2. The zero-order valence-electron chi connectivity index (χ0n) is 15.1. The summed E-state index contributed by atoms with van der Waals surface area (Å²) in [7, 11) is 0. The summed E-state index contributed by atoms with van der Waals surface area (Å²) in [5, 5.41) is 2.62. The number of fused-ring (bicyclic) bond motifs is 1. The van der Waals surface area contributed by atoms with Crippen LogP contribution in [0.4, 0.5) is 5.82 Å². The number of likely N-dealkylation sites (tertiary alicyclic amines) is 1. The number of anilines is 1.